The molecule has 0 aliphatic rings. The maximum atomic E-state index is 10.3. The fourth-order valence-electron chi connectivity index (χ4n) is 3.47. The first-order valence-electron chi connectivity index (χ1n) is 10.0. The van der Waals surface area contributed by atoms with Crippen LogP contribution in [0.25, 0.3) is 21.8 Å². The SMILES string of the molecule is COc1ccccc1OCCNCC(O)COc1cccc2[nH]c3ccccc3c12.O.O. The summed E-state index contributed by atoms with van der Waals surface area (Å²) in [6.07, 6.45) is -0.628. The smallest absolute Gasteiger partial charge is 0.161 e. The summed E-state index contributed by atoms with van der Waals surface area (Å²) < 4.78 is 16.9. The maximum absolute atomic E-state index is 10.3. The molecule has 1 heterocycles. The van der Waals surface area contributed by atoms with Gasteiger partial charge in [-0.2, -0.15) is 0 Å². The lowest BCUT2D eigenvalue weighted by Gasteiger charge is -2.15. The number of benzene rings is 3. The fraction of sp³-hybridized carbons (Fsp3) is 0.250. The van der Waals surface area contributed by atoms with Crippen LogP contribution in [0.2, 0.25) is 0 Å². The van der Waals surface area contributed by atoms with E-state index < -0.39 is 6.10 Å². The van der Waals surface area contributed by atoms with Crippen molar-refractivity contribution < 1.29 is 30.3 Å². The van der Waals surface area contributed by atoms with E-state index in [9.17, 15) is 5.11 Å². The Morgan fingerprint density at radius 1 is 0.844 bits per heavy atom. The van der Waals surface area contributed by atoms with Crippen LogP contribution in [0, 0.1) is 0 Å². The summed E-state index contributed by atoms with van der Waals surface area (Å²) in [5.41, 5.74) is 2.09. The molecule has 32 heavy (non-hydrogen) atoms. The quantitative estimate of drug-likeness (QED) is 0.323. The molecule has 0 spiro atoms. The van der Waals surface area contributed by atoms with Crippen molar-refractivity contribution in [2.45, 2.75) is 6.10 Å². The number of hydrogen-bond acceptors (Lipinski definition) is 5. The number of H-pyrrole nitrogens is 1. The van der Waals surface area contributed by atoms with Crippen LogP contribution in [0.5, 0.6) is 17.2 Å². The Labute approximate surface area is 186 Å². The van der Waals surface area contributed by atoms with E-state index >= 15 is 0 Å². The summed E-state index contributed by atoms with van der Waals surface area (Å²) in [5, 5.41) is 15.6. The predicted octanol–water partition coefficient (Wildman–Crippen LogP) is 2.09. The number of nitrogens with one attached hydrogen (secondary N) is 2. The number of fused-ring (bicyclic) bond motifs is 3. The van der Waals surface area contributed by atoms with Gasteiger partial charge in [0.25, 0.3) is 0 Å². The van der Waals surface area contributed by atoms with Crippen molar-refractivity contribution in [3.05, 3.63) is 66.7 Å². The van der Waals surface area contributed by atoms with Gasteiger partial charge in [-0.05, 0) is 30.3 Å². The Balaban J connectivity index is 0.00000181. The molecule has 1 aromatic heterocycles. The lowest BCUT2D eigenvalue weighted by atomic mass is 10.1. The number of aliphatic hydroxyl groups is 1. The Bertz CT molecular complexity index is 1110. The zero-order chi connectivity index (χ0) is 20.8. The highest BCUT2D eigenvalue weighted by Gasteiger charge is 2.11. The topological polar surface area (TPSA) is 139 Å². The average Bonchev–Trinajstić information content (AvgIpc) is 3.17. The Morgan fingerprint density at radius 2 is 1.53 bits per heavy atom. The van der Waals surface area contributed by atoms with Crippen LogP contribution < -0.4 is 19.5 Å². The van der Waals surface area contributed by atoms with Gasteiger partial charge in [-0.15, -0.1) is 0 Å². The highest BCUT2D eigenvalue weighted by atomic mass is 16.5. The van der Waals surface area contributed by atoms with E-state index in [2.05, 4.69) is 16.4 Å². The maximum Gasteiger partial charge on any atom is 0.161 e. The van der Waals surface area contributed by atoms with Gasteiger partial charge in [0.05, 0.1) is 12.6 Å². The number of para-hydroxylation sites is 3. The third-order valence-corrected chi connectivity index (χ3v) is 4.91. The van der Waals surface area contributed by atoms with Crippen LogP contribution in [0.15, 0.2) is 66.7 Å². The summed E-state index contributed by atoms with van der Waals surface area (Å²) in [6, 6.07) is 21.6. The van der Waals surface area contributed by atoms with Crippen molar-refractivity contribution >= 4 is 21.8 Å². The van der Waals surface area contributed by atoms with Crippen molar-refractivity contribution in [2.24, 2.45) is 0 Å². The van der Waals surface area contributed by atoms with Gasteiger partial charge in [0, 0.05) is 29.4 Å². The minimum Gasteiger partial charge on any atom is -0.493 e. The molecule has 0 bridgehead atoms. The van der Waals surface area contributed by atoms with Gasteiger partial charge in [-0.25, -0.2) is 0 Å². The van der Waals surface area contributed by atoms with Gasteiger partial charge < -0.3 is 40.6 Å². The van der Waals surface area contributed by atoms with Crippen LogP contribution in [-0.2, 0) is 0 Å². The molecule has 0 fully saturated rings. The Kier molecular flexibility index (Phi) is 9.30. The van der Waals surface area contributed by atoms with E-state index in [1.807, 2.05) is 60.7 Å². The second-order valence-electron chi connectivity index (χ2n) is 7.02. The molecule has 4 rings (SSSR count). The predicted molar refractivity (Wildman–Crippen MR) is 126 cm³/mol. The first kappa shape index (κ1) is 25.0. The molecule has 8 nitrogen and oxygen atoms in total. The first-order valence-corrected chi connectivity index (χ1v) is 10.0. The van der Waals surface area contributed by atoms with Crippen molar-refractivity contribution in [3.8, 4) is 17.2 Å². The van der Waals surface area contributed by atoms with E-state index in [4.69, 9.17) is 14.2 Å². The summed E-state index contributed by atoms with van der Waals surface area (Å²) in [4.78, 5) is 3.40. The van der Waals surface area contributed by atoms with Gasteiger partial charge in [0.1, 0.15) is 25.1 Å². The molecular weight excluding hydrogens is 412 g/mol. The standard InChI is InChI=1S/C24H26N2O4.2H2O/c1-28-21-10-4-5-11-22(21)29-14-13-25-15-17(27)16-30-23-12-6-9-20-24(23)18-7-2-3-8-19(18)26-20;;/h2-12,17,25-27H,13-16H2,1H3;2*1H2. The highest BCUT2D eigenvalue weighted by molar-refractivity contribution is 6.10. The number of ether oxygens (including phenoxy) is 3. The van der Waals surface area contributed by atoms with E-state index in [0.29, 0.717) is 31.2 Å². The van der Waals surface area contributed by atoms with Crippen molar-refractivity contribution in [1.82, 2.24) is 10.3 Å². The number of aromatic amines is 1. The zero-order valence-corrected chi connectivity index (χ0v) is 17.9. The largest absolute Gasteiger partial charge is 0.493 e. The molecule has 0 aliphatic heterocycles. The average molecular weight is 443 g/mol. The zero-order valence-electron chi connectivity index (χ0n) is 17.9. The summed E-state index contributed by atoms with van der Waals surface area (Å²) in [5.74, 6) is 2.18. The van der Waals surface area contributed by atoms with Gasteiger partial charge >= 0.3 is 0 Å². The van der Waals surface area contributed by atoms with Gasteiger partial charge in [0.2, 0.25) is 0 Å². The van der Waals surface area contributed by atoms with Gasteiger partial charge in [-0.1, -0.05) is 36.4 Å². The lowest BCUT2D eigenvalue weighted by molar-refractivity contribution is 0.106. The second kappa shape index (κ2) is 11.9. The normalized spacial score (nSPS) is 11.4. The molecule has 0 saturated heterocycles. The molecule has 0 aliphatic carbocycles. The molecule has 4 aromatic rings. The van der Waals surface area contributed by atoms with E-state index in [-0.39, 0.29) is 17.6 Å². The van der Waals surface area contributed by atoms with Gasteiger partial charge in [0.15, 0.2) is 11.5 Å². The van der Waals surface area contributed by atoms with Gasteiger partial charge in [-0.3, -0.25) is 0 Å². The monoisotopic (exact) mass is 442 g/mol. The molecule has 3 aromatic carbocycles. The molecule has 8 heteroatoms. The second-order valence-corrected chi connectivity index (χ2v) is 7.02. The fourth-order valence-corrected chi connectivity index (χ4v) is 3.47. The molecule has 0 amide bonds. The molecule has 172 valence electrons. The number of methoxy groups -OCH3 is 1. The molecule has 7 N–H and O–H groups in total. The van der Waals surface area contributed by atoms with Crippen LogP contribution in [0.4, 0.5) is 0 Å². The Hall–Kier alpha value is -3.30. The third kappa shape index (κ3) is 5.68. The minimum absolute atomic E-state index is 0. The first-order chi connectivity index (χ1) is 14.8. The molecule has 0 radical (unpaired) electrons. The number of rotatable bonds is 10. The van der Waals surface area contributed by atoms with Crippen LogP contribution >= 0.6 is 0 Å². The van der Waals surface area contributed by atoms with Crippen molar-refractivity contribution in [3.63, 3.8) is 0 Å². The van der Waals surface area contributed by atoms with E-state index in [1.54, 1.807) is 7.11 Å². The molecule has 1 atom stereocenters. The van der Waals surface area contributed by atoms with Crippen molar-refractivity contribution in [1.29, 1.82) is 0 Å². The van der Waals surface area contributed by atoms with Crippen molar-refractivity contribution in [2.75, 3.05) is 33.4 Å². The number of hydrogen-bond donors (Lipinski definition) is 3. The number of aliphatic hydroxyl groups excluding tert-OH is 1. The lowest BCUT2D eigenvalue weighted by Crippen LogP contribution is -2.33. The summed E-state index contributed by atoms with van der Waals surface area (Å²) in [6.45, 7) is 1.70. The van der Waals surface area contributed by atoms with E-state index in [0.717, 1.165) is 27.6 Å². The molecular formula is C24H30N2O6. The molecule has 1 unspecified atom stereocenters. The summed E-state index contributed by atoms with van der Waals surface area (Å²) >= 11 is 0. The Morgan fingerprint density at radius 3 is 2.34 bits per heavy atom. The van der Waals surface area contributed by atoms with Crippen LogP contribution in [0.1, 0.15) is 0 Å². The molecule has 0 saturated carbocycles. The van der Waals surface area contributed by atoms with E-state index in [1.165, 1.54) is 0 Å². The number of aromatic nitrogens is 1. The van der Waals surface area contributed by atoms with Crippen LogP contribution in [0.3, 0.4) is 0 Å². The summed E-state index contributed by atoms with van der Waals surface area (Å²) in [7, 11) is 1.62. The third-order valence-electron chi connectivity index (χ3n) is 4.91. The van der Waals surface area contributed by atoms with Crippen LogP contribution in [-0.4, -0.2) is 60.6 Å². The highest BCUT2D eigenvalue weighted by Crippen LogP contribution is 2.33. The minimum atomic E-state index is -0.628.